The molecular formula is C60H42N4S. The lowest BCUT2D eigenvalue weighted by atomic mass is 9.79. The molecule has 0 saturated carbocycles. The largest absolute Gasteiger partial charge is 0.248 e. The van der Waals surface area contributed by atoms with Gasteiger partial charge in [-0.2, -0.15) is 0 Å². The summed E-state index contributed by atoms with van der Waals surface area (Å²) in [5.74, 6) is 2.47. The molecule has 8 aromatic carbocycles. The number of rotatable bonds is 7. The van der Waals surface area contributed by atoms with Crippen LogP contribution < -0.4 is 0 Å². The van der Waals surface area contributed by atoms with Crippen LogP contribution in [0.4, 0.5) is 0 Å². The normalized spacial score (nSPS) is 14.5. The number of nitrogens with zero attached hydrogens (tertiary/aromatic N) is 4. The van der Waals surface area contributed by atoms with E-state index in [-0.39, 0.29) is 11.8 Å². The van der Waals surface area contributed by atoms with E-state index in [0.29, 0.717) is 17.5 Å². The summed E-state index contributed by atoms with van der Waals surface area (Å²) in [5, 5.41) is 2.36. The molecule has 3 aromatic heterocycles. The Kier molecular flexibility index (Phi) is 9.76. The average molecular weight is 851 g/mol. The van der Waals surface area contributed by atoms with Gasteiger partial charge in [0.15, 0.2) is 17.5 Å². The average Bonchev–Trinajstić information content (AvgIpc) is 3.71. The van der Waals surface area contributed by atoms with E-state index in [0.717, 1.165) is 51.0 Å². The van der Waals surface area contributed by atoms with Crippen LogP contribution in [-0.2, 0) is 6.42 Å². The van der Waals surface area contributed by atoms with Gasteiger partial charge in [-0.25, -0.2) is 19.9 Å². The van der Waals surface area contributed by atoms with Gasteiger partial charge in [0, 0.05) is 48.0 Å². The molecule has 0 aliphatic heterocycles. The molecule has 12 rings (SSSR count). The molecule has 0 radical (unpaired) electrons. The second-order valence-corrected chi connectivity index (χ2v) is 18.1. The highest BCUT2D eigenvalue weighted by atomic mass is 32.1. The van der Waals surface area contributed by atoms with Crippen LogP contribution in [-0.4, -0.2) is 19.9 Å². The minimum absolute atomic E-state index is 0.239. The van der Waals surface area contributed by atoms with Crippen molar-refractivity contribution >= 4 is 31.5 Å². The van der Waals surface area contributed by atoms with Crippen molar-refractivity contribution in [2.75, 3.05) is 0 Å². The zero-order valence-electron chi connectivity index (χ0n) is 35.8. The molecule has 0 amide bonds. The number of benzene rings is 8. The fraction of sp³-hybridized carbons (Fsp3) is 0.0667. The molecule has 308 valence electrons. The van der Waals surface area contributed by atoms with Gasteiger partial charge >= 0.3 is 0 Å². The molecule has 1 aliphatic rings. The van der Waals surface area contributed by atoms with Gasteiger partial charge in [0.25, 0.3) is 0 Å². The third-order valence-corrected chi connectivity index (χ3v) is 14.2. The standard InChI is InChI=1S/C60H42N4S/c1-38-47-31-29-43(33-51(47)48-26-15-14-25-45(48)35-50(38)46-36-53(39-17-6-2-7-18-39)61-54(37-46)40-19-8-3-9-20-40)44-30-32-55-52(34-44)57-49(27-16-28-56(57)65-55)60-63-58(41-21-10-4-11-22-41)62-59(64-60)42-23-12-5-13-24-42/h2-34,36-38,50H,35H2,1H3. The van der Waals surface area contributed by atoms with E-state index in [4.69, 9.17) is 19.9 Å². The maximum Gasteiger partial charge on any atom is 0.164 e. The lowest BCUT2D eigenvalue weighted by molar-refractivity contribution is 0.579. The van der Waals surface area contributed by atoms with Crippen molar-refractivity contribution in [1.82, 2.24) is 19.9 Å². The third-order valence-electron chi connectivity index (χ3n) is 13.1. The zero-order chi connectivity index (χ0) is 43.3. The number of fused-ring (bicyclic) bond motifs is 6. The van der Waals surface area contributed by atoms with E-state index < -0.39 is 0 Å². The summed E-state index contributed by atoms with van der Waals surface area (Å²) in [6, 6.07) is 75.9. The van der Waals surface area contributed by atoms with Gasteiger partial charge in [-0.1, -0.05) is 183 Å². The molecule has 11 aromatic rings. The van der Waals surface area contributed by atoms with Crippen molar-refractivity contribution in [3.63, 3.8) is 0 Å². The number of aromatic nitrogens is 4. The van der Waals surface area contributed by atoms with Crippen LogP contribution in [0.2, 0.25) is 0 Å². The molecule has 0 bridgehead atoms. The van der Waals surface area contributed by atoms with Crippen LogP contribution in [0.3, 0.4) is 0 Å². The summed E-state index contributed by atoms with van der Waals surface area (Å²) < 4.78 is 2.44. The molecule has 0 spiro atoms. The Morgan fingerprint density at radius 1 is 0.400 bits per heavy atom. The summed E-state index contributed by atoms with van der Waals surface area (Å²) in [7, 11) is 0. The highest BCUT2D eigenvalue weighted by molar-refractivity contribution is 7.26. The van der Waals surface area contributed by atoms with Crippen LogP contribution in [0.15, 0.2) is 212 Å². The van der Waals surface area contributed by atoms with Gasteiger partial charge in [-0.15, -0.1) is 11.3 Å². The van der Waals surface area contributed by atoms with Crippen molar-refractivity contribution in [3.05, 3.63) is 229 Å². The van der Waals surface area contributed by atoms with E-state index in [1.807, 2.05) is 47.7 Å². The van der Waals surface area contributed by atoms with Crippen LogP contribution >= 0.6 is 11.3 Å². The molecule has 0 fully saturated rings. The Morgan fingerprint density at radius 3 is 1.58 bits per heavy atom. The predicted octanol–water partition coefficient (Wildman–Crippen LogP) is 15.7. The Bertz CT molecular complexity index is 3420. The minimum atomic E-state index is 0.239. The molecule has 0 N–H and O–H groups in total. The van der Waals surface area contributed by atoms with Gasteiger partial charge in [-0.3, -0.25) is 0 Å². The summed E-state index contributed by atoms with van der Waals surface area (Å²) in [6.45, 7) is 2.42. The van der Waals surface area contributed by atoms with Crippen molar-refractivity contribution in [2.45, 2.75) is 25.2 Å². The second kappa shape index (κ2) is 16.4. The maximum atomic E-state index is 5.23. The smallest absolute Gasteiger partial charge is 0.164 e. The van der Waals surface area contributed by atoms with E-state index >= 15 is 0 Å². The highest BCUT2D eigenvalue weighted by Gasteiger charge is 2.30. The summed E-state index contributed by atoms with van der Waals surface area (Å²) in [4.78, 5) is 20.5. The minimum Gasteiger partial charge on any atom is -0.248 e. The molecule has 5 heteroatoms. The Balaban J connectivity index is 0.977. The van der Waals surface area contributed by atoms with Crippen LogP contribution in [0, 0.1) is 0 Å². The maximum absolute atomic E-state index is 5.23. The fourth-order valence-electron chi connectivity index (χ4n) is 9.77. The van der Waals surface area contributed by atoms with Gasteiger partial charge in [0.2, 0.25) is 0 Å². The molecule has 4 nitrogen and oxygen atoms in total. The fourth-order valence-corrected chi connectivity index (χ4v) is 10.9. The number of pyridine rings is 1. The van der Waals surface area contributed by atoms with E-state index in [2.05, 4.69) is 183 Å². The van der Waals surface area contributed by atoms with Crippen LogP contribution in [0.25, 0.3) is 99.1 Å². The SMILES string of the molecule is CC1c2ccc(-c3ccc4sc5cccc(-c6nc(-c7ccccc7)nc(-c7ccccc7)n6)c5c4c3)cc2-c2ccccc2CC1c1cc(-c2ccccc2)nc(-c2ccccc2)c1. The van der Waals surface area contributed by atoms with Crippen LogP contribution in [0.5, 0.6) is 0 Å². The zero-order valence-corrected chi connectivity index (χ0v) is 36.6. The van der Waals surface area contributed by atoms with Gasteiger partial charge in [0.05, 0.1) is 11.4 Å². The first-order valence-corrected chi connectivity index (χ1v) is 23.1. The number of thiophene rings is 1. The Hall–Kier alpha value is -7.86. The molecule has 1 aliphatic carbocycles. The van der Waals surface area contributed by atoms with Gasteiger partial charge in [-0.05, 0) is 93.6 Å². The van der Waals surface area contributed by atoms with Crippen molar-refractivity contribution in [3.8, 4) is 78.9 Å². The molecule has 2 atom stereocenters. The molecule has 65 heavy (non-hydrogen) atoms. The van der Waals surface area contributed by atoms with Crippen molar-refractivity contribution in [2.24, 2.45) is 0 Å². The monoisotopic (exact) mass is 850 g/mol. The number of hydrogen-bond acceptors (Lipinski definition) is 5. The summed E-state index contributed by atoms with van der Waals surface area (Å²) in [5.41, 5.74) is 16.2. The summed E-state index contributed by atoms with van der Waals surface area (Å²) in [6.07, 6.45) is 0.929. The van der Waals surface area contributed by atoms with Crippen LogP contribution in [0.1, 0.15) is 35.4 Å². The summed E-state index contributed by atoms with van der Waals surface area (Å²) >= 11 is 1.81. The van der Waals surface area contributed by atoms with Gasteiger partial charge in [0.1, 0.15) is 0 Å². The molecular weight excluding hydrogens is 809 g/mol. The third kappa shape index (κ3) is 7.20. The topological polar surface area (TPSA) is 51.6 Å². The van der Waals surface area contributed by atoms with Crippen molar-refractivity contribution in [1.29, 1.82) is 0 Å². The van der Waals surface area contributed by atoms with E-state index in [1.165, 1.54) is 53.7 Å². The lowest BCUT2D eigenvalue weighted by Gasteiger charge is -2.25. The first-order valence-electron chi connectivity index (χ1n) is 22.3. The second-order valence-electron chi connectivity index (χ2n) is 17.0. The molecule has 2 unspecified atom stereocenters. The van der Waals surface area contributed by atoms with E-state index in [1.54, 1.807) is 0 Å². The Labute approximate surface area is 382 Å². The van der Waals surface area contributed by atoms with Crippen molar-refractivity contribution < 1.29 is 0 Å². The first kappa shape index (κ1) is 38.8. The quantitative estimate of drug-likeness (QED) is 0.160. The Morgan fingerprint density at radius 2 is 0.938 bits per heavy atom. The molecule has 3 heterocycles. The lowest BCUT2D eigenvalue weighted by Crippen LogP contribution is -2.11. The van der Waals surface area contributed by atoms with Gasteiger partial charge < -0.3 is 0 Å². The highest BCUT2D eigenvalue weighted by Crippen LogP contribution is 2.48. The molecule has 0 saturated heterocycles. The van der Waals surface area contributed by atoms with E-state index in [9.17, 15) is 0 Å². The first-order chi connectivity index (χ1) is 32.1. The number of hydrogen-bond donors (Lipinski definition) is 0. The predicted molar refractivity (Wildman–Crippen MR) is 270 cm³/mol.